The van der Waals surface area contributed by atoms with E-state index in [1.54, 1.807) is 0 Å². The molecule has 7 nitrogen and oxygen atoms in total. The van der Waals surface area contributed by atoms with Crippen LogP contribution in [0.3, 0.4) is 0 Å². The van der Waals surface area contributed by atoms with Crippen molar-refractivity contribution in [3.8, 4) is 79.3 Å². The van der Waals surface area contributed by atoms with Crippen LogP contribution < -0.4 is 0 Å². The molecule has 11 aromatic carbocycles. The molecule has 15 aromatic rings. The van der Waals surface area contributed by atoms with Crippen LogP contribution in [0.4, 0.5) is 5.69 Å². The van der Waals surface area contributed by atoms with Gasteiger partial charge in [0.1, 0.15) is 0 Å². The smallest absolute Gasteiger partial charge is 0.187 e. The summed E-state index contributed by atoms with van der Waals surface area (Å²) in [4.78, 5) is 14.3. The lowest BCUT2D eigenvalue weighted by Gasteiger charge is -2.22. The van der Waals surface area contributed by atoms with Crippen LogP contribution >= 0.6 is 0 Å². The minimum atomic E-state index is 0.552. The first kappa shape index (κ1) is 45.3. The third-order valence-corrected chi connectivity index (χ3v) is 15.5. The molecule has 0 atom stereocenters. The Morgan fingerprint density at radius 2 is 0.747 bits per heavy atom. The van der Waals surface area contributed by atoms with E-state index in [1.165, 1.54) is 21.5 Å². The number of hydrogen-bond acceptors (Lipinski definition) is 3. The first-order valence-electron chi connectivity index (χ1n) is 26.3. The molecule has 79 heavy (non-hydrogen) atoms. The number of para-hydroxylation sites is 4. The minimum Gasteiger partial charge on any atom is -0.309 e. The topological polar surface area (TPSA) is 68.7 Å². The second-order valence-corrected chi connectivity index (χ2v) is 19.9. The van der Waals surface area contributed by atoms with Gasteiger partial charge in [-0.15, -0.1) is 0 Å². The molecule has 0 amide bonds. The molecular weight excluding hydrogens is 963 g/mol. The van der Waals surface area contributed by atoms with Crippen molar-refractivity contribution in [3.05, 3.63) is 278 Å². The van der Waals surface area contributed by atoms with Gasteiger partial charge < -0.3 is 13.7 Å². The highest BCUT2D eigenvalue weighted by atomic mass is 15.0. The summed E-state index contributed by atoms with van der Waals surface area (Å²) in [6.07, 6.45) is 0. The zero-order valence-electron chi connectivity index (χ0n) is 42.5. The van der Waals surface area contributed by atoms with Crippen LogP contribution in [0.25, 0.3) is 143 Å². The van der Waals surface area contributed by atoms with Crippen LogP contribution in [-0.2, 0) is 0 Å². The van der Waals surface area contributed by atoms with Crippen molar-refractivity contribution in [2.24, 2.45) is 0 Å². The summed E-state index contributed by atoms with van der Waals surface area (Å²) in [5, 5.41) is 17.1. The van der Waals surface area contributed by atoms with Gasteiger partial charge in [0.15, 0.2) is 11.5 Å². The zero-order valence-corrected chi connectivity index (χ0v) is 42.5. The zero-order chi connectivity index (χ0) is 52.6. The van der Waals surface area contributed by atoms with Crippen LogP contribution in [0.5, 0.6) is 0 Å². The van der Waals surface area contributed by atoms with Crippen molar-refractivity contribution in [2.45, 2.75) is 0 Å². The summed E-state index contributed by atoms with van der Waals surface area (Å²) < 4.78 is 7.21. The molecule has 0 aliphatic carbocycles. The van der Waals surface area contributed by atoms with E-state index in [0.717, 1.165) is 111 Å². The lowest BCUT2D eigenvalue weighted by Crippen LogP contribution is -2.03. The number of aromatic nitrogens is 5. The van der Waals surface area contributed by atoms with Gasteiger partial charge in [0.25, 0.3) is 0 Å². The Labute approximate surface area is 454 Å². The maximum Gasteiger partial charge on any atom is 0.187 e. The van der Waals surface area contributed by atoms with Crippen LogP contribution in [0.15, 0.2) is 261 Å². The largest absolute Gasteiger partial charge is 0.309 e. The number of rotatable bonds is 8. The first-order valence-corrected chi connectivity index (χ1v) is 26.3. The predicted octanol–water partition coefficient (Wildman–Crippen LogP) is 18.5. The maximum atomic E-state index is 10.1. The average molecular weight is 1010 g/mol. The lowest BCUT2D eigenvalue weighted by atomic mass is 9.91. The first-order chi connectivity index (χ1) is 39.1. The van der Waals surface area contributed by atoms with E-state index in [0.29, 0.717) is 17.1 Å². The average Bonchev–Trinajstić information content (AvgIpc) is 4.39. The number of hydrogen-bond donors (Lipinski definition) is 0. The molecule has 0 bridgehead atoms. The SMILES string of the molecule is [C-]#[N+]c1ccc(-c2cc(-c3cc(-c4ccccc4)nc(-c4ccccc4)n3)cc(-c3ccc(C#N)cc3)c2-n2c3ccc(-n4c5ccccc5c5ccccc54)cc3c3cc(-n4c5ccccc5c5ccccc54)ccc32)cc1. The molecule has 0 aliphatic rings. The number of benzene rings is 11. The molecule has 366 valence electrons. The van der Waals surface area contributed by atoms with E-state index in [1.807, 2.05) is 84.9 Å². The van der Waals surface area contributed by atoms with E-state index in [9.17, 15) is 5.26 Å². The van der Waals surface area contributed by atoms with Crippen LogP contribution in [0.2, 0.25) is 0 Å². The Kier molecular flexibility index (Phi) is 10.5. The molecule has 0 radical (unpaired) electrons. The van der Waals surface area contributed by atoms with Gasteiger partial charge in [0.2, 0.25) is 0 Å². The molecule has 0 fully saturated rings. The highest BCUT2D eigenvalue weighted by Crippen LogP contribution is 2.46. The van der Waals surface area contributed by atoms with Gasteiger partial charge in [-0.05, 0) is 102 Å². The monoisotopic (exact) mass is 1010 g/mol. The van der Waals surface area contributed by atoms with Crippen molar-refractivity contribution in [1.82, 2.24) is 23.7 Å². The van der Waals surface area contributed by atoms with Crippen LogP contribution in [-0.4, -0.2) is 23.7 Å². The molecule has 7 heteroatoms. The molecular formula is C72H43N7. The van der Waals surface area contributed by atoms with Crippen molar-refractivity contribution in [2.75, 3.05) is 0 Å². The molecule has 4 heterocycles. The van der Waals surface area contributed by atoms with Crippen LogP contribution in [0.1, 0.15) is 5.56 Å². The molecule has 0 aliphatic heterocycles. The molecule has 0 N–H and O–H groups in total. The number of nitriles is 1. The standard InChI is InChI=1S/C72H43N7/c1-74-52-34-32-48(33-35-52)60-41-51(64-44-63(49-16-4-2-5-17-49)75-72(76-64)50-18-6-3-7-19-50)40-59(47-30-28-46(45-73)29-31-47)71(60)79-69-38-36-53(77-65-24-12-8-20-55(65)56-21-9-13-25-66(56)77)42-61(69)62-43-54(37-39-70(62)79)78-67-26-14-10-22-57(67)58-23-11-15-27-68(58)78/h2-44H. The van der Waals surface area contributed by atoms with Gasteiger partial charge >= 0.3 is 0 Å². The fourth-order valence-electron chi connectivity index (χ4n) is 11.9. The van der Waals surface area contributed by atoms with Gasteiger partial charge in [0.05, 0.1) is 68.4 Å². The molecule has 0 saturated carbocycles. The lowest BCUT2D eigenvalue weighted by molar-refractivity contribution is 1.16. The van der Waals surface area contributed by atoms with E-state index in [-0.39, 0.29) is 0 Å². The Morgan fingerprint density at radius 3 is 1.20 bits per heavy atom. The Morgan fingerprint density at radius 1 is 0.342 bits per heavy atom. The molecule has 0 saturated heterocycles. The summed E-state index contributed by atoms with van der Waals surface area (Å²) in [6.45, 7) is 7.96. The predicted molar refractivity (Wildman–Crippen MR) is 323 cm³/mol. The van der Waals surface area contributed by atoms with E-state index >= 15 is 0 Å². The van der Waals surface area contributed by atoms with Gasteiger partial charge in [0, 0.05) is 71.5 Å². The fraction of sp³-hybridized carbons (Fsp3) is 0. The van der Waals surface area contributed by atoms with Crippen molar-refractivity contribution in [1.29, 1.82) is 5.26 Å². The summed E-state index contributed by atoms with van der Waals surface area (Å²) in [6, 6.07) is 93.5. The highest BCUT2D eigenvalue weighted by Gasteiger charge is 2.25. The van der Waals surface area contributed by atoms with Crippen molar-refractivity contribution >= 4 is 71.1 Å². The quantitative estimate of drug-likeness (QED) is 0.142. The minimum absolute atomic E-state index is 0.552. The highest BCUT2D eigenvalue weighted by molar-refractivity contribution is 6.15. The summed E-state index contributed by atoms with van der Waals surface area (Å²) >= 11 is 0. The van der Waals surface area contributed by atoms with E-state index < -0.39 is 0 Å². The van der Waals surface area contributed by atoms with Gasteiger partial charge in [-0.25, -0.2) is 14.8 Å². The number of nitrogens with zero attached hydrogens (tertiary/aromatic N) is 7. The molecule has 15 rings (SSSR count). The fourth-order valence-corrected chi connectivity index (χ4v) is 11.9. The number of fused-ring (bicyclic) bond motifs is 9. The maximum absolute atomic E-state index is 10.1. The van der Waals surface area contributed by atoms with Gasteiger partial charge in [-0.3, -0.25) is 0 Å². The molecule has 0 spiro atoms. The second-order valence-electron chi connectivity index (χ2n) is 19.9. The third-order valence-electron chi connectivity index (χ3n) is 15.5. The summed E-state index contributed by atoms with van der Waals surface area (Å²) in [7, 11) is 0. The third kappa shape index (κ3) is 7.41. The van der Waals surface area contributed by atoms with Gasteiger partial charge in [-0.1, -0.05) is 170 Å². The molecule has 4 aromatic heterocycles. The van der Waals surface area contributed by atoms with Crippen LogP contribution in [0, 0.1) is 17.9 Å². The Balaban J connectivity index is 1.07. The normalized spacial score (nSPS) is 11.5. The summed E-state index contributed by atoms with van der Waals surface area (Å²) in [5.41, 5.74) is 18.8. The van der Waals surface area contributed by atoms with Crippen molar-refractivity contribution in [3.63, 3.8) is 0 Å². The second kappa shape index (κ2) is 18.3. The summed E-state index contributed by atoms with van der Waals surface area (Å²) in [5.74, 6) is 0.615. The van der Waals surface area contributed by atoms with E-state index in [2.05, 4.69) is 201 Å². The van der Waals surface area contributed by atoms with Crippen molar-refractivity contribution < 1.29 is 0 Å². The van der Waals surface area contributed by atoms with Gasteiger partial charge in [-0.2, -0.15) is 5.26 Å². The Bertz CT molecular complexity index is 4600. The Hall–Kier alpha value is -11.1. The van der Waals surface area contributed by atoms with E-state index in [4.69, 9.17) is 16.5 Å². The molecule has 0 unspecified atom stereocenters.